The topological polar surface area (TPSA) is 43.1 Å². The molecule has 0 N–H and O–H groups in total. The molecule has 2 aromatic carbocycles. The zero-order valence-corrected chi connectivity index (χ0v) is 9.14. The Hall–Kier alpha value is -1.90. The monoisotopic (exact) mass is 215 g/mol. The van der Waals surface area contributed by atoms with Crippen LogP contribution >= 0.6 is 0 Å². The summed E-state index contributed by atoms with van der Waals surface area (Å²) in [6.45, 7) is 2.05. The van der Waals surface area contributed by atoms with Gasteiger partial charge in [0, 0.05) is 11.3 Å². The van der Waals surface area contributed by atoms with Crippen molar-refractivity contribution in [2.75, 3.05) is 6.54 Å². The smallest absolute Gasteiger partial charge is 0.207 e. The first-order chi connectivity index (χ1) is 7.68. The van der Waals surface area contributed by atoms with Gasteiger partial charge in [-0.1, -0.05) is 36.4 Å². The van der Waals surface area contributed by atoms with Crippen molar-refractivity contribution >= 4 is 10.8 Å². The van der Waals surface area contributed by atoms with Crippen molar-refractivity contribution < 1.29 is 4.92 Å². The molecular weight excluding hydrogens is 202 g/mol. The van der Waals surface area contributed by atoms with Crippen molar-refractivity contribution in [1.29, 1.82) is 0 Å². The maximum absolute atomic E-state index is 10.4. The van der Waals surface area contributed by atoms with Gasteiger partial charge in [-0.2, -0.15) is 0 Å². The predicted octanol–water partition coefficient (Wildman–Crippen LogP) is 2.97. The van der Waals surface area contributed by atoms with Gasteiger partial charge in [0.2, 0.25) is 6.54 Å². The average Bonchev–Trinajstić information content (AvgIpc) is 2.28. The number of nitro groups is 1. The summed E-state index contributed by atoms with van der Waals surface area (Å²) in [6, 6.07) is 12.1. The summed E-state index contributed by atoms with van der Waals surface area (Å²) in [5.41, 5.74) is 2.26. The van der Waals surface area contributed by atoms with Gasteiger partial charge in [-0.3, -0.25) is 10.1 Å². The highest BCUT2D eigenvalue weighted by Crippen LogP contribution is 2.22. The SMILES string of the molecule is Cc1ccc(CC[N+](=O)[O-])c2ccccc12. The minimum atomic E-state index is -0.269. The molecule has 2 aromatic rings. The van der Waals surface area contributed by atoms with Crippen LogP contribution in [0.5, 0.6) is 0 Å². The first kappa shape index (κ1) is 10.6. The van der Waals surface area contributed by atoms with Gasteiger partial charge in [0.05, 0.1) is 0 Å². The van der Waals surface area contributed by atoms with Crippen LogP contribution in [0.15, 0.2) is 36.4 Å². The molecular formula is C13H13NO2. The van der Waals surface area contributed by atoms with E-state index in [2.05, 4.69) is 13.0 Å². The number of aryl methyl sites for hydroxylation is 1. The number of benzene rings is 2. The fourth-order valence-electron chi connectivity index (χ4n) is 1.94. The quantitative estimate of drug-likeness (QED) is 0.583. The van der Waals surface area contributed by atoms with Crippen LogP contribution in [0.4, 0.5) is 0 Å². The largest absolute Gasteiger partial charge is 0.265 e. The first-order valence-electron chi connectivity index (χ1n) is 5.27. The van der Waals surface area contributed by atoms with Gasteiger partial charge < -0.3 is 0 Å². The molecule has 0 aliphatic heterocycles. The van der Waals surface area contributed by atoms with Crippen LogP contribution in [-0.2, 0) is 6.42 Å². The van der Waals surface area contributed by atoms with Crippen molar-refractivity contribution in [1.82, 2.24) is 0 Å². The Morgan fingerprint density at radius 1 is 1.12 bits per heavy atom. The molecule has 0 aliphatic rings. The van der Waals surface area contributed by atoms with Crippen LogP contribution in [-0.4, -0.2) is 11.5 Å². The minimum Gasteiger partial charge on any atom is -0.265 e. The van der Waals surface area contributed by atoms with E-state index in [-0.39, 0.29) is 11.5 Å². The number of fused-ring (bicyclic) bond motifs is 1. The Balaban J connectivity index is 2.46. The van der Waals surface area contributed by atoms with Gasteiger partial charge in [-0.25, -0.2) is 0 Å². The number of nitrogens with zero attached hydrogens (tertiary/aromatic N) is 1. The van der Waals surface area contributed by atoms with E-state index < -0.39 is 0 Å². The fraction of sp³-hybridized carbons (Fsp3) is 0.231. The van der Waals surface area contributed by atoms with Crippen molar-refractivity contribution in [3.63, 3.8) is 0 Å². The molecule has 82 valence electrons. The second kappa shape index (κ2) is 4.31. The molecule has 0 atom stereocenters. The lowest BCUT2D eigenvalue weighted by Crippen LogP contribution is -2.04. The molecule has 0 aliphatic carbocycles. The molecule has 0 radical (unpaired) electrons. The molecule has 0 heterocycles. The van der Waals surface area contributed by atoms with Crippen LogP contribution in [0.25, 0.3) is 10.8 Å². The third-order valence-corrected chi connectivity index (χ3v) is 2.80. The first-order valence-corrected chi connectivity index (χ1v) is 5.27. The lowest BCUT2D eigenvalue weighted by atomic mass is 9.99. The molecule has 0 saturated heterocycles. The van der Waals surface area contributed by atoms with Crippen molar-refractivity contribution in [2.45, 2.75) is 13.3 Å². The van der Waals surface area contributed by atoms with E-state index >= 15 is 0 Å². The van der Waals surface area contributed by atoms with Crippen LogP contribution in [0.1, 0.15) is 11.1 Å². The lowest BCUT2D eigenvalue weighted by molar-refractivity contribution is -0.479. The van der Waals surface area contributed by atoms with E-state index in [1.165, 1.54) is 10.9 Å². The zero-order chi connectivity index (χ0) is 11.5. The Morgan fingerprint density at radius 2 is 1.81 bits per heavy atom. The van der Waals surface area contributed by atoms with E-state index in [0.29, 0.717) is 6.42 Å². The molecule has 0 fully saturated rings. The Labute approximate surface area is 93.9 Å². The van der Waals surface area contributed by atoms with Gasteiger partial charge in [0.15, 0.2) is 0 Å². The van der Waals surface area contributed by atoms with Crippen molar-refractivity contribution in [2.24, 2.45) is 0 Å². The molecule has 0 amide bonds. The molecule has 0 bridgehead atoms. The number of hydrogen-bond donors (Lipinski definition) is 0. The third-order valence-electron chi connectivity index (χ3n) is 2.80. The van der Waals surface area contributed by atoms with Crippen molar-refractivity contribution in [3.05, 3.63) is 57.6 Å². The fourth-order valence-corrected chi connectivity index (χ4v) is 1.94. The summed E-state index contributed by atoms with van der Waals surface area (Å²) in [6.07, 6.45) is 0.494. The Morgan fingerprint density at radius 3 is 2.50 bits per heavy atom. The van der Waals surface area contributed by atoms with Crippen molar-refractivity contribution in [3.8, 4) is 0 Å². The molecule has 16 heavy (non-hydrogen) atoms. The second-order valence-electron chi connectivity index (χ2n) is 3.89. The molecule has 0 saturated carbocycles. The predicted molar refractivity (Wildman–Crippen MR) is 64.3 cm³/mol. The van der Waals surface area contributed by atoms with E-state index in [4.69, 9.17) is 0 Å². The maximum Gasteiger partial charge on any atom is 0.207 e. The second-order valence-corrected chi connectivity index (χ2v) is 3.89. The van der Waals surface area contributed by atoms with Gasteiger partial charge >= 0.3 is 0 Å². The summed E-state index contributed by atoms with van der Waals surface area (Å²) in [4.78, 5) is 10.1. The summed E-state index contributed by atoms with van der Waals surface area (Å²) >= 11 is 0. The Kier molecular flexibility index (Phi) is 2.86. The number of rotatable bonds is 3. The zero-order valence-electron chi connectivity index (χ0n) is 9.14. The van der Waals surface area contributed by atoms with E-state index in [1.54, 1.807) is 0 Å². The molecule has 3 heteroatoms. The maximum atomic E-state index is 10.4. The summed E-state index contributed by atoms with van der Waals surface area (Å²) < 4.78 is 0. The average molecular weight is 215 g/mol. The highest BCUT2D eigenvalue weighted by atomic mass is 16.6. The molecule has 0 aromatic heterocycles. The Bertz CT molecular complexity index is 534. The van der Waals surface area contributed by atoms with Gasteiger partial charge in [0.1, 0.15) is 0 Å². The standard InChI is InChI=1S/C13H13NO2/c1-10-6-7-11(8-9-14(15)16)13-5-3-2-4-12(10)13/h2-7H,8-9H2,1H3. The van der Waals surface area contributed by atoms with E-state index in [1.807, 2.05) is 30.3 Å². The third kappa shape index (κ3) is 2.03. The van der Waals surface area contributed by atoms with Gasteiger partial charge in [-0.05, 0) is 28.8 Å². The molecule has 0 unspecified atom stereocenters. The molecule has 2 rings (SSSR count). The van der Waals surface area contributed by atoms with Gasteiger partial charge in [-0.15, -0.1) is 0 Å². The minimum absolute atomic E-state index is 0.00689. The lowest BCUT2D eigenvalue weighted by Gasteiger charge is -2.06. The summed E-state index contributed by atoms with van der Waals surface area (Å²) in [5.74, 6) is 0. The van der Waals surface area contributed by atoms with Crippen LogP contribution in [0, 0.1) is 17.0 Å². The van der Waals surface area contributed by atoms with E-state index in [0.717, 1.165) is 10.9 Å². The van der Waals surface area contributed by atoms with Gasteiger partial charge in [0.25, 0.3) is 0 Å². The summed E-state index contributed by atoms with van der Waals surface area (Å²) in [5, 5.41) is 12.7. The highest BCUT2D eigenvalue weighted by molar-refractivity contribution is 5.88. The van der Waals surface area contributed by atoms with Crippen LogP contribution in [0.3, 0.4) is 0 Å². The molecule has 0 spiro atoms. The highest BCUT2D eigenvalue weighted by Gasteiger charge is 2.05. The summed E-state index contributed by atoms with van der Waals surface area (Å²) in [7, 11) is 0. The normalized spacial score (nSPS) is 10.6. The molecule has 3 nitrogen and oxygen atoms in total. The van der Waals surface area contributed by atoms with Crippen LogP contribution in [0.2, 0.25) is 0 Å². The van der Waals surface area contributed by atoms with E-state index in [9.17, 15) is 10.1 Å². The van der Waals surface area contributed by atoms with Crippen LogP contribution < -0.4 is 0 Å². The number of hydrogen-bond acceptors (Lipinski definition) is 2.